The predicted octanol–water partition coefficient (Wildman–Crippen LogP) is 3.73. The third-order valence-corrected chi connectivity index (χ3v) is 5.32. The monoisotopic (exact) mass is 309 g/mol. The second-order valence-electron chi connectivity index (χ2n) is 5.24. The van der Waals surface area contributed by atoms with Crippen molar-refractivity contribution in [3.05, 3.63) is 33.0 Å². The molecule has 0 fully saturated rings. The van der Waals surface area contributed by atoms with E-state index in [0.29, 0.717) is 5.92 Å². The van der Waals surface area contributed by atoms with Gasteiger partial charge in [0.25, 0.3) is 0 Å². The maximum Gasteiger partial charge on any atom is 0.185 e. The SMILES string of the molecule is CNCc1sc(N(C)CCc2cccs2)nc1C(C)C. The van der Waals surface area contributed by atoms with Gasteiger partial charge in [0.1, 0.15) is 0 Å². The fourth-order valence-corrected chi connectivity index (χ4v) is 3.99. The molecule has 1 N–H and O–H groups in total. The molecule has 2 heterocycles. The Morgan fingerprint density at radius 2 is 2.20 bits per heavy atom. The highest BCUT2D eigenvalue weighted by Crippen LogP contribution is 2.30. The van der Waals surface area contributed by atoms with Crippen LogP contribution in [0.15, 0.2) is 17.5 Å². The lowest BCUT2D eigenvalue weighted by atomic mass is 10.1. The molecule has 3 nitrogen and oxygen atoms in total. The number of anilines is 1. The van der Waals surface area contributed by atoms with Crippen molar-refractivity contribution in [1.82, 2.24) is 10.3 Å². The van der Waals surface area contributed by atoms with Gasteiger partial charge in [-0.3, -0.25) is 0 Å². The van der Waals surface area contributed by atoms with Crippen LogP contribution in [0, 0.1) is 0 Å². The number of nitrogens with one attached hydrogen (secondary N) is 1. The summed E-state index contributed by atoms with van der Waals surface area (Å²) in [6, 6.07) is 4.32. The average Bonchev–Trinajstić information content (AvgIpc) is 3.05. The molecule has 0 aromatic carbocycles. The van der Waals surface area contributed by atoms with Crippen molar-refractivity contribution in [2.24, 2.45) is 0 Å². The van der Waals surface area contributed by atoms with E-state index >= 15 is 0 Å². The number of hydrogen-bond donors (Lipinski definition) is 1. The third kappa shape index (κ3) is 3.81. The van der Waals surface area contributed by atoms with E-state index in [4.69, 9.17) is 4.98 Å². The zero-order chi connectivity index (χ0) is 14.5. The van der Waals surface area contributed by atoms with E-state index in [1.165, 1.54) is 15.4 Å². The highest BCUT2D eigenvalue weighted by Gasteiger charge is 2.16. The molecule has 0 aliphatic rings. The van der Waals surface area contributed by atoms with E-state index < -0.39 is 0 Å². The van der Waals surface area contributed by atoms with Crippen molar-refractivity contribution in [3.8, 4) is 0 Å². The van der Waals surface area contributed by atoms with Crippen molar-refractivity contribution in [1.29, 1.82) is 0 Å². The largest absolute Gasteiger partial charge is 0.351 e. The van der Waals surface area contributed by atoms with Crippen LogP contribution in [0.1, 0.15) is 35.2 Å². The maximum atomic E-state index is 4.84. The molecule has 20 heavy (non-hydrogen) atoms. The van der Waals surface area contributed by atoms with E-state index in [2.05, 4.69) is 48.6 Å². The number of aromatic nitrogens is 1. The quantitative estimate of drug-likeness (QED) is 0.845. The summed E-state index contributed by atoms with van der Waals surface area (Å²) in [4.78, 5) is 9.91. The summed E-state index contributed by atoms with van der Waals surface area (Å²) in [5.41, 5.74) is 1.24. The normalized spacial score (nSPS) is 11.2. The maximum absolute atomic E-state index is 4.84. The van der Waals surface area contributed by atoms with Gasteiger partial charge in [-0.25, -0.2) is 4.98 Å². The first kappa shape index (κ1) is 15.5. The average molecular weight is 310 g/mol. The summed E-state index contributed by atoms with van der Waals surface area (Å²) in [7, 11) is 4.13. The van der Waals surface area contributed by atoms with Crippen LogP contribution in [0.3, 0.4) is 0 Å². The van der Waals surface area contributed by atoms with Gasteiger partial charge in [-0.1, -0.05) is 19.9 Å². The minimum atomic E-state index is 0.481. The molecule has 0 spiro atoms. The number of thiophene rings is 1. The molecule has 2 aromatic heterocycles. The zero-order valence-electron chi connectivity index (χ0n) is 12.6. The summed E-state index contributed by atoms with van der Waals surface area (Å²) in [5.74, 6) is 0.481. The van der Waals surface area contributed by atoms with Crippen LogP contribution in [-0.4, -0.2) is 25.6 Å². The van der Waals surface area contributed by atoms with Crippen molar-refractivity contribution in [2.45, 2.75) is 32.7 Å². The number of nitrogens with zero attached hydrogens (tertiary/aromatic N) is 2. The Balaban J connectivity index is 2.05. The Bertz CT molecular complexity index is 517. The first-order chi connectivity index (χ1) is 9.61. The van der Waals surface area contributed by atoms with Gasteiger partial charge >= 0.3 is 0 Å². The van der Waals surface area contributed by atoms with Crippen LogP contribution < -0.4 is 10.2 Å². The Kier molecular flexibility index (Phi) is 5.57. The Morgan fingerprint density at radius 3 is 2.80 bits per heavy atom. The van der Waals surface area contributed by atoms with Crippen molar-refractivity contribution in [3.63, 3.8) is 0 Å². The molecule has 5 heteroatoms. The Hall–Kier alpha value is -0.910. The molecule has 0 saturated heterocycles. The molecule has 0 amide bonds. The summed E-state index contributed by atoms with van der Waals surface area (Å²) >= 11 is 3.64. The molecular weight excluding hydrogens is 286 g/mol. The summed E-state index contributed by atoms with van der Waals surface area (Å²) < 4.78 is 0. The second-order valence-corrected chi connectivity index (χ2v) is 7.34. The predicted molar refractivity (Wildman–Crippen MR) is 90.3 cm³/mol. The Labute approximate surface area is 129 Å². The highest BCUT2D eigenvalue weighted by atomic mass is 32.1. The van der Waals surface area contributed by atoms with E-state index in [-0.39, 0.29) is 0 Å². The van der Waals surface area contributed by atoms with Crippen LogP contribution in [0.25, 0.3) is 0 Å². The van der Waals surface area contributed by atoms with Crippen LogP contribution in [0.2, 0.25) is 0 Å². The molecule has 0 unspecified atom stereocenters. The van der Waals surface area contributed by atoms with Gasteiger partial charge in [0.2, 0.25) is 0 Å². The Morgan fingerprint density at radius 1 is 1.40 bits per heavy atom. The minimum absolute atomic E-state index is 0.481. The van der Waals surface area contributed by atoms with Crippen molar-refractivity contribution >= 4 is 27.8 Å². The highest BCUT2D eigenvalue weighted by molar-refractivity contribution is 7.15. The molecule has 0 aliphatic carbocycles. The van der Waals surface area contributed by atoms with Gasteiger partial charge < -0.3 is 10.2 Å². The van der Waals surface area contributed by atoms with Crippen LogP contribution in [0.4, 0.5) is 5.13 Å². The zero-order valence-corrected chi connectivity index (χ0v) is 14.3. The van der Waals surface area contributed by atoms with Crippen LogP contribution in [-0.2, 0) is 13.0 Å². The van der Waals surface area contributed by atoms with E-state index in [1.54, 1.807) is 0 Å². The first-order valence-electron chi connectivity index (χ1n) is 6.99. The third-order valence-electron chi connectivity index (χ3n) is 3.20. The molecule has 2 aromatic rings. The number of hydrogen-bond acceptors (Lipinski definition) is 5. The molecule has 0 atom stereocenters. The van der Waals surface area contributed by atoms with Crippen molar-refractivity contribution in [2.75, 3.05) is 25.5 Å². The first-order valence-corrected chi connectivity index (χ1v) is 8.69. The van der Waals surface area contributed by atoms with Gasteiger partial charge in [0.15, 0.2) is 5.13 Å². The van der Waals surface area contributed by atoms with E-state index in [1.807, 2.05) is 29.7 Å². The lowest BCUT2D eigenvalue weighted by Crippen LogP contribution is -2.19. The minimum Gasteiger partial charge on any atom is -0.351 e. The fraction of sp³-hybridized carbons (Fsp3) is 0.533. The van der Waals surface area contributed by atoms with Crippen molar-refractivity contribution < 1.29 is 0 Å². The molecule has 110 valence electrons. The topological polar surface area (TPSA) is 28.2 Å². The van der Waals surface area contributed by atoms with E-state index in [9.17, 15) is 0 Å². The summed E-state index contributed by atoms with van der Waals surface area (Å²) in [6.07, 6.45) is 1.09. The standard InChI is InChI=1S/C15H23N3S2/c1-11(2)14-13(10-16-3)20-15(17-14)18(4)8-7-12-6-5-9-19-12/h5-6,9,11,16H,7-8,10H2,1-4H3. The molecule has 0 saturated carbocycles. The molecular formula is C15H23N3S2. The molecule has 0 bridgehead atoms. The second kappa shape index (κ2) is 7.20. The smallest absolute Gasteiger partial charge is 0.185 e. The van der Waals surface area contributed by atoms with Crippen LogP contribution >= 0.6 is 22.7 Å². The number of rotatable bonds is 7. The van der Waals surface area contributed by atoms with Gasteiger partial charge in [-0.05, 0) is 30.8 Å². The molecule has 2 rings (SSSR count). The van der Waals surface area contributed by atoms with E-state index in [0.717, 1.165) is 24.6 Å². The van der Waals surface area contributed by atoms with Crippen LogP contribution in [0.5, 0.6) is 0 Å². The van der Waals surface area contributed by atoms with Gasteiger partial charge in [-0.2, -0.15) is 0 Å². The molecule has 0 radical (unpaired) electrons. The van der Waals surface area contributed by atoms with Gasteiger partial charge in [-0.15, -0.1) is 22.7 Å². The summed E-state index contributed by atoms with van der Waals surface area (Å²) in [5, 5.41) is 6.51. The lowest BCUT2D eigenvalue weighted by Gasteiger charge is -2.14. The summed E-state index contributed by atoms with van der Waals surface area (Å²) in [6.45, 7) is 6.35. The number of thiazole rings is 1. The van der Waals surface area contributed by atoms with Gasteiger partial charge in [0.05, 0.1) is 5.69 Å². The lowest BCUT2D eigenvalue weighted by molar-refractivity contribution is 0.768. The fourth-order valence-electron chi connectivity index (χ4n) is 2.08. The van der Waals surface area contributed by atoms with Gasteiger partial charge in [0, 0.05) is 29.9 Å². The number of likely N-dealkylation sites (N-methyl/N-ethyl adjacent to an activating group) is 1. The molecule has 0 aliphatic heterocycles.